The first-order chi connectivity index (χ1) is 16.4. The molecule has 34 heavy (non-hydrogen) atoms. The summed E-state index contributed by atoms with van der Waals surface area (Å²) in [6, 6.07) is 12.0. The summed E-state index contributed by atoms with van der Waals surface area (Å²) in [4.78, 5) is 26.9. The van der Waals surface area contributed by atoms with Crippen LogP contribution in [0.2, 0.25) is 0 Å². The van der Waals surface area contributed by atoms with Crippen LogP contribution in [0.15, 0.2) is 46.9 Å². The fraction of sp³-hybridized carbons (Fsp3) is 0.250. The summed E-state index contributed by atoms with van der Waals surface area (Å²) in [5, 5.41) is 14.8. The van der Waals surface area contributed by atoms with Crippen LogP contribution in [0.3, 0.4) is 0 Å². The molecule has 3 aromatic heterocycles. The van der Waals surface area contributed by atoms with E-state index in [0.29, 0.717) is 15.7 Å². The number of hydrogen-bond donors (Lipinski definition) is 1. The molecule has 0 saturated carbocycles. The number of rotatable bonds is 8. The summed E-state index contributed by atoms with van der Waals surface area (Å²) in [5.74, 6) is 0.211. The molecule has 0 aliphatic rings. The predicted molar refractivity (Wildman–Crippen MR) is 139 cm³/mol. The molecule has 10 heteroatoms. The Bertz CT molecular complexity index is 1320. The fourth-order valence-electron chi connectivity index (χ4n) is 3.52. The monoisotopic (exact) mass is 512 g/mol. The van der Waals surface area contributed by atoms with Crippen molar-refractivity contribution >= 4 is 51.3 Å². The number of nitrogens with zero attached hydrogens (tertiary/aromatic N) is 3. The number of nitrogens with one attached hydrogen (secondary N) is 1. The van der Waals surface area contributed by atoms with Crippen molar-refractivity contribution < 1.29 is 14.3 Å². The predicted octanol–water partition coefficient (Wildman–Crippen LogP) is 5.66. The number of aromatic nitrogens is 3. The summed E-state index contributed by atoms with van der Waals surface area (Å²) >= 11 is 4.36. The number of carbonyl (C=O) groups excluding carboxylic acids is 2. The summed E-state index contributed by atoms with van der Waals surface area (Å²) in [5.41, 5.74) is 3.69. The molecular formula is C24H24N4O3S3. The fourth-order valence-corrected chi connectivity index (χ4v) is 6.10. The number of amides is 1. The minimum absolute atomic E-state index is 0.139. The maximum Gasteiger partial charge on any atom is 0.340 e. The van der Waals surface area contributed by atoms with Crippen molar-refractivity contribution in [2.45, 2.75) is 25.4 Å². The summed E-state index contributed by atoms with van der Waals surface area (Å²) in [6.07, 6.45) is 0.772. The first-order valence-corrected chi connectivity index (χ1v) is 13.3. The number of thiophene rings is 2. The molecule has 0 bridgehead atoms. The molecule has 0 atom stereocenters. The molecule has 4 aromatic rings. The maximum absolute atomic E-state index is 12.6. The largest absolute Gasteiger partial charge is 0.465 e. The second-order valence-electron chi connectivity index (χ2n) is 7.45. The van der Waals surface area contributed by atoms with Crippen molar-refractivity contribution in [2.75, 3.05) is 18.2 Å². The zero-order valence-electron chi connectivity index (χ0n) is 19.2. The van der Waals surface area contributed by atoms with Gasteiger partial charge < -0.3 is 14.6 Å². The van der Waals surface area contributed by atoms with Gasteiger partial charge >= 0.3 is 5.97 Å². The molecule has 0 radical (unpaired) electrons. The normalized spacial score (nSPS) is 10.9. The lowest BCUT2D eigenvalue weighted by Gasteiger charge is -2.07. The Labute approximate surface area is 210 Å². The van der Waals surface area contributed by atoms with Gasteiger partial charge in [-0.2, -0.15) is 0 Å². The second-order valence-corrected chi connectivity index (χ2v) is 10.6. The molecule has 1 amide bonds. The van der Waals surface area contributed by atoms with Crippen molar-refractivity contribution in [2.24, 2.45) is 7.05 Å². The van der Waals surface area contributed by atoms with E-state index in [1.54, 1.807) is 17.4 Å². The Morgan fingerprint density at radius 1 is 1.21 bits per heavy atom. The Morgan fingerprint density at radius 2 is 1.97 bits per heavy atom. The van der Waals surface area contributed by atoms with E-state index in [2.05, 4.69) is 40.0 Å². The van der Waals surface area contributed by atoms with Crippen molar-refractivity contribution in [3.8, 4) is 22.5 Å². The van der Waals surface area contributed by atoms with E-state index in [0.717, 1.165) is 33.8 Å². The third-order valence-electron chi connectivity index (χ3n) is 5.24. The minimum atomic E-state index is -0.461. The van der Waals surface area contributed by atoms with E-state index in [9.17, 15) is 9.59 Å². The molecular weight excluding hydrogens is 488 g/mol. The van der Waals surface area contributed by atoms with Gasteiger partial charge in [-0.1, -0.05) is 49.0 Å². The number of esters is 1. The van der Waals surface area contributed by atoms with Gasteiger partial charge in [0.05, 0.1) is 18.4 Å². The van der Waals surface area contributed by atoms with Gasteiger partial charge in [-0.3, -0.25) is 4.79 Å². The number of aryl methyl sites for hydroxylation is 2. The molecule has 176 valence electrons. The van der Waals surface area contributed by atoms with Crippen LogP contribution in [-0.2, 0) is 23.0 Å². The van der Waals surface area contributed by atoms with Crippen LogP contribution in [-0.4, -0.2) is 39.5 Å². The van der Waals surface area contributed by atoms with Gasteiger partial charge in [-0.05, 0) is 25.0 Å². The quantitative estimate of drug-likeness (QED) is 0.242. The third kappa shape index (κ3) is 4.94. The lowest BCUT2D eigenvalue weighted by Crippen LogP contribution is -2.16. The molecule has 0 aliphatic heterocycles. The third-order valence-corrected chi connectivity index (χ3v) is 8.36. The van der Waals surface area contributed by atoms with Crippen molar-refractivity contribution in [1.29, 1.82) is 0 Å². The average Bonchev–Trinajstić information content (AvgIpc) is 3.54. The van der Waals surface area contributed by atoms with Gasteiger partial charge in [0.1, 0.15) is 5.00 Å². The van der Waals surface area contributed by atoms with E-state index >= 15 is 0 Å². The highest BCUT2D eigenvalue weighted by Crippen LogP contribution is 2.38. The zero-order valence-corrected chi connectivity index (χ0v) is 21.7. The van der Waals surface area contributed by atoms with E-state index in [1.165, 1.54) is 35.1 Å². The summed E-state index contributed by atoms with van der Waals surface area (Å²) in [6.45, 7) is 4.10. The van der Waals surface area contributed by atoms with Crippen LogP contribution >= 0.6 is 34.4 Å². The van der Waals surface area contributed by atoms with Crippen LogP contribution in [0.1, 0.15) is 27.0 Å². The number of methoxy groups -OCH3 is 1. The Kier molecular flexibility index (Phi) is 7.50. The first-order valence-electron chi connectivity index (χ1n) is 10.6. The SMILES string of the molecule is CCc1cc(C(=O)OC)c(NC(=O)CSc2nnc(-c3csc(C)c3-c3ccccc3)n2C)s1. The smallest absolute Gasteiger partial charge is 0.340 e. The van der Waals surface area contributed by atoms with Crippen LogP contribution in [0.4, 0.5) is 5.00 Å². The summed E-state index contributed by atoms with van der Waals surface area (Å²) in [7, 11) is 3.23. The van der Waals surface area contributed by atoms with Gasteiger partial charge in [-0.25, -0.2) is 4.79 Å². The molecule has 0 fully saturated rings. The van der Waals surface area contributed by atoms with Crippen molar-refractivity contribution in [1.82, 2.24) is 14.8 Å². The van der Waals surface area contributed by atoms with Gasteiger partial charge in [0, 0.05) is 33.3 Å². The van der Waals surface area contributed by atoms with E-state index in [-0.39, 0.29) is 11.7 Å². The molecule has 0 spiro atoms. The van der Waals surface area contributed by atoms with Gasteiger partial charge in [-0.15, -0.1) is 32.9 Å². The van der Waals surface area contributed by atoms with Crippen LogP contribution < -0.4 is 5.32 Å². The van der Waals surface area contributed by atoms with Crippen LogP contribution in [0.25, 0.3) is 22.5 Å². The van der Waals surface area contributed by atoms with Crippen molar-refractivity contribution in [3.05, 3.63) is 57.1 Å². The molecule has 1 N–H and O–H groups in total. The molecule has 4 rings (SSSR count). The topological polar surface area (TPSA) is 86.1 Å². The highest BCUT2D eigenvalue weighted by molar-refractivity contribution is 7.99. The lowest BCUT2D eigenvalue weighted by molar-refractivity contribution is -0.113. The number of anilines is 1. The van der Waals surface area contributed by atoms with Gasteiger partial charge in [0.2, 0.25) is 5.91 Å². The molecule has 0 aliphatic carbocycles. The number of benzene rings is 1. The van der Waals surface area contributed by atoms with Crippen molar-refractivity contribution in [3.63, 3.8) is 0 Å². The van der Waals surface area contributed by atoms with Gasteiger partial charge in [0.15, 0.2) is 11.0 Å². The molecule has 3 heterocycles. The number of thioether (sulfide) groups is 1. The van der Waals surface area contributed by atoms with E-state index in [4.69, 9.17) is 4.74 Å². The van der Waals surface area contributed by atoms with E-state index in [1.807, 2.05) is 36.7 Å². The van der Waals surface area contributed by atoms with Crippen LogP contribution in [0, 0.1) is 6.92 Å². The first kappa shape index (κ1) is 24.2. The molecule has 0 saturated heterocycles. The average molecular weight is 513 g/mol. The Morgan fingerprint density at radius 3 is 2.68 bits per heavy atom. The van der Waals surface area contributed by atoms with Gasteiger partial charge in [0.25, 0.3) is 0 Å². The highest BCUT2D eigenvalue weighted by Gasteiger charge is 2.21. The van der Waals surface area contributed by atoms with E-state index < -0.39 is 5.97 Å². The Hall–Kier alpha value is -2.95. The lowest BCUT2D eigenvalue weighted by atomic mass is 10.0. The molecule has 0 unspecified atom stereocenters. The minimum Gasteiger partial charge on any atom is -0.465 e. The maximum atomic E-state index is 12.6. The molecule has 1 aromatic carbocycles. The number of carbonyl (C=O) groups is 2. The summed E-state index contributed by atoms with van der Waals surface area (Å²) < 4.78 is 6.75. The Balaban J connectivity index is 1.49. The standard InChI is InChI=1S/C24H24N4O3S3/c1-5-16-11-17(23(30)31-4)22(34-16)25-19(29)13-33-24-27-26-21(28(24)3)18-12-32-14(2)20(18)15-9-7-6-8-10-15/h6-12H,5,13H2,1-4H3,(H,25,29). The number of hydrogen-bond acceptors (Lipinski definition) is 8. The van der Waals surface area contributed by atoms with Crippen LogP contribution in [0.5, 0.6) is 0 Å². The molecule has 7 nitrogen and oxygen atoms in total. The second kappa shape index (κ2) is 10.5. The zero-order chi connectivity index (χ0) is 24.2. The highest BCUT2D eigenvalue weighted by atomic mass is 32.2. The number of ether oxygens (including phenoxy) is 1.